The van der Waals surface area contributed by atoms with Gasteiger partial charge in [-0.1, -0.05) is 13.0 Å². The van der Waals surface area contributed by atoms with Crippen LogP contribution in [-0.4, -0.2) is 46.6 Å². The number of rotatable bonds is 4. The Morgan fingerprint density at radius 2 is 2.00 bits per heavy atom. The van der Waals surface area contributed by atoms with Crippen LogP contribution in [0.2, 0.25) is 0 Å². The van der Waals surface area contributed by atoms with Crippen molar-refractivity contribution >= 4 is 34.2 Å². The lowest BCUT2D eigenvalue weighted by Crippen LogP contribution is -2.38. The first-order valence-corrected chi connectivity index (χ1v) is 11.2. The first-order chi connectivity index (χ1) is 16.1. The Balaban J connectivity index is 1.27. The Morgan fingerprint density at radius 3 is 2.82 bits per heavy atom. The van der Waals surface area contributed by atoms with Gasteiger partial charge < -0.3 is 24.7 Å². The molecule has 1 unspecified atom stereocenters. The molecule has 0 spiro atoms. The summed E-state index contributed by atoms with van der Waals surface area (Å²) < 4.78 is 10.8. The molecule has 2 aliphatic heterocycles. The van der Waals surface area contributed by atoms with E-state index in [0.29, 0.717) is 36.0 Å². The normalized spacial score (nSPS) is 19.5. The molecule has 1 saturated carbocycles. The Labute approximate surface area is 190 Å². The number of anilines is 1. The zero-order valence-electron chi connectivity index (χ0n) is 18.3. The summed E-state index contributed by atoms with van der Waals surface area (Å²) in [5.41, 5.74) is 3.52. The lowest BCUT2D eigenvalue weighted by molar-refractivity contribution is -0.117. The number of nitrogens with zero attached hydrogens (tertiary/aromatic N) is 2. The van der Waals surface area contributed by atoms with E-state index < -0.39 is 0 Å². The molecule has 1 fully saturated rings. The van der Waals surface area contributed by atoms with Crippen molar-refractivity contribution in [1.82, 2.24) is 14.9 Å². The molecule has 8 heteroatoms. The molecule has 2 amide bonds. The van der Waals surface area contributed by atoms with Gasteiger partial charge in [-0.05, 0) is 60.2 Å². The fourth-order valence-corrected chi connectivity index (χ4v) is 4.58. The van der Waals surface area contributed by atoms with Crippen molar-refractivity contribution in [2.45, 2.75) is 19.8 Å². The van der Waals surface area contributed by atoms with Gasteiger partial charge in [0.2, 0.25) is 12.7 Å². The van der Waals surface area contributed by atoms with Crippen LogP contribution < -0.4 is 14.8 Å². The third-order valence-electron chi connectivity index (χ3n) is 6.50. The molecule has 1 aliphatic carbocycles. The van der Waals surface area contributed by atoms with Crippen LogP contribution in [0.1, 0.15) is 35.7 Å². The van der Waals surface area contributed by atoms with Gasteiger partial charge in [-0.2, -0.15) is 0 Å². The number of carbonyl (C=O) groups is 2. The second-order valence-electron chi connectivity index (χ2n) is 8.90. The van der Waals surface area contributed by atoms with E-state index in [1.807, 2.05) is 23.2 Å². The smallest absolute Gasteiger partial charge is 0.254 e. The average Bonchev–Trinajstić information content (AvgIpc) is 3.38. The number of carbonyl (C=O) groups excluding carboxylic acids is 2. The maximum absolute atomic E-state index is 13.1. The molecule has 8 nitrogen and oxygen atoms in total. The van der Waals surface area contributed by atoms with Gasteiger partial charge in [-0.15, -0.1) is 0 Å². The predicted octanol–water partition coefficient (Wildman–Crippen LogP) is 3.82. The third kappa shape index (κ3) is 3.61. The summed E-state index contributed by atoms with van der Waals surface area (Å²) in [5.74, 6) is 2.05. The Bertz CT molecular complexity index is 1310. The molecule has 1 atom stereocenters. The quantitative estimate of drug-likeness (QED) is 0.638. The highest BCUT2D eigenvalue weighted by molar-refractivity contribution is 5.98. The Morgan fingerprint density at radius 1 is 1.15 bits per heavy atom. The summed E-state index contributed by atoms with van der Waals surface area (Å²) >= 11 is 0. The van der Waals surface area contributed by atoms with Crippen molar-refractivity contribution in [2.75, 3.05) is 25.2 Å². The molecular formula is C25H24N4O4. The minimum atomic E-state index is -0.0330. The van der Waals surface area contributed by atoms with Crippen molar-refractivity contribution in [3.63, 3.8) is 0 Å². The molecule has 168 valence electrons. The molecule has 3 aliphatic rings. The molecule has 1 aromatic carbocycles. The molecule has 33 heavy (non-hydrogen) atoms. The van der Waals surface area contributed by atoms with Gasteiger partial charge in [0.05, 0.1) is 0 Å². The Hall–Kier alpha value is -3.81. The van der Waals surface area contributed by atoms with Gasteiger partial charge in [-0.3, -0.25) is 9.59 Å². The summed E-state index contributed by atoms with van der Waals surface area (Å²) in [6, 6.07) is 9.26. The first-order valence-electron chi connectivity index (χ1n) is 11.2. The lowest BCUT2D eigenvalue weighted by atomic mass is 9.89. The van der Waals surface area contributed by atoms with E-state index in [0.717, 1.165) is 35.0 Å². The number of nitrogens with one attached hydrogen (secondary N) is 2. The summed E-state index contributed by atoms with van der Waals surface area (Å²) in [7, 11) is 0. The Kier molecular flexibility index (Phi) is 4.60. The number of hydrogen-bond acceptors (Lipinski definition) is 5. The highest BCUT2D eigenvalue weighted by Gasteiger charge is 2.31. The second-order valence-corrected chi connectivity index (χ2v) is 8.90. The van der Waals surface area contributed by atoms with Crippen LogP contribution in [-0.2, 0) is 4.79 Å². The van der Waals surface area contributed by atoms with E-state index in [4.69, 9.17) is 9.47 Å². The van der Waals surface area contributed by atoms with Crippen LogP contribution in [0.25, 0.3) is 16.6 Å². The molecular weight excluding hydrogens is 420 g/mol. The summed E-state index contributed by atoms with van der Waals surface area (Å²) in [6.45, 7) is 3.40. The van der Waals surface area contributed by atoms with Crippen molar-refractivity contribution in [3.05, 3.63) is 53.7 Å². The number of H-pyrrole nitrogens is 1. The number of aromatic amines is 1. The molecule has 0 radical (unpaired) electrons. The number of aromatic nitrogens is 2. The number of amides is 2. The number of pyridine rings is 1. The second kappa shape index (κ2) is 7.65. The molecule has 6 rings (SSSR count). The highest BCUT2D eigenvalue weighted by atomic mass is 16.7. The fraction of sp³-hybridized carbons (Fsp3) is 0.320. The van der Waals surface area contributed by atoms with Crippen LogP contribution >= 0.6 is 0 Å². The van der Waals surface area contributed by atoms with E-state index >= 15 is 0 Å². The van der Waals surface area contributed by atoms with E-state index in [-0.39, 0.29) is 30.4 Å². The maximum atomic E-state index is 13.1. The van der Waals surface area contributed by atoms with Gasteiger partial charge in [0.15, 0.2) is 11.5 Å². The van der Waals surface area contributed by atoms with Crippen molar-refractivity contribution < 1.29 is 19.1 Å². The monoisotopic (exact) mass is 444 g/mol. The highest BCUT2D eigenvalue weighted by Crippen LogP contribution is 2.36. The van der Waals surface area contributed by atoms with E-state index in [2.05, 4.69) is 28.3 Å². The third-order valence-corrected chi connectivity index (χ3v) is 6.50. The average molecular weight is 444 g/mol. The van der Waals surface area contributed by atoms with Crippen LogP contribution in [0.3, 0.4) is 0 Å². The number of benzene rings is 1. The van der Waals surface area contributed by atoms with Crippen molar-refractivity contribution in [3.8, 4) is 11.5 Å². The summed E-state index contributed by atoms with van der Waals surface area (Å²) in [4.78, 5) is 35.0. The van der Waals surface area contributed by atoms with Crippen LogP contribution in [0.5, 0.6) is 11.5 Å². The van der Waals surface area contributed by atoms with Crippen molar-refractivity contribution in [1.29, 1.82) is 0 Å². The van der Waals surface area contributed by atoms with E-state index in [1.165, 1.54) is 0 Å². The molecule has 0 saturated heterocycles. The number of ether oxygens (including phenoxy) is 2. The summed E-state index contributed by atoms with van der Waals surface area (Å²) in [6.07, 6.45) is 5.85. The van der Waals surface area contributed by atoms with Crippen LogP contribution in [0.4, 0.5) is 5.82 Å². The summed E-state index contributed by atoms with van der Waals surface area (Å²) in [5, 5.41) is 3.97. The van der Waals surface area contributed by atoms with E-state index in [9.17, 15) is 9.59 Å². The zero-order valence-corrected chi connectivity index (χ0v) is 18.3. The number of hydrogen-bond donors (Lipinski definition) is 2. The van der Waals surface area contributed by atoms with Gasteiger partial charge in [0, 0.05) is 36.2 Å². The zero-order chi connectivity index (χ0) is 22.5. The standard InChI is InChI=1S/C25H24N4O4/c1-14-12-29(25(31)16-4-5-20-21(10-16)33-13-32-20)9-7-17(14)19-11-22(28-24(30)15-2-3-15)27-23-18(19)6-8-26-23/h4-8,10-11,14-15H,2-3,9,12-13H2,1H3,(H2,26,27,28,30). The van der Waals surface area contributed by atoms with Gasteiger partial charge in [-0.25, -0.2) is 4.98 Å². The minimum Gasteiger partial charge on any atom is -0.454 e. The SMILES string of the molecule is CC1CN(C(=O)c2ccc3c(c2)OCO3)CC=C1c1cc(NC(=O)C2CC2)nc2[nH]ccc12. The van der Waals surface area contributed by atoms with Crippen LogP contribution in [0.15, 0.2) is 42.6 Å². The first kappa shape index (κ1) is 19.8. The van der Waals surface area contributed by atoms with Gasteiger partial charge >= 0.3 is 0 Å². The number of fused-ring (bicyclic) bond motifs is 2. The molecule has 3 aromatic rings. The predicted molar refractivity (Wildman–Crippen MR) is 123 cm³/mol. The van der Waals surface area contributed by atoms with Crippen LogP contribution in [0, 0.1) is 11.8 Å². The topological polar surface area (TPSA) is 96.6 Å². The molecule has 4 heterocycles. The van der Waals surface area contributed by atoms with Gasteiger partial charge in [0.25, 0.3) is 5.91 Å². The minimum absolute atomic E-state index is 0.0329. The largest absolute Gasteiger partial charge is 0.454 e. The maximum Gasteiger partial charge on any atom is 0.254 e. The molecule has 0 bridgehead atoms. The lowest BCUT2D eigenvalue weighted by Gasteiger charge is -2.32. The molecule has 2 aromatic heterocycles. The molecule has 2 N–H and O–H groups in total. The van der Waals surface area contributed by atoms with Crippen molar-refractivity contribution in [2.24, 2.45) is 11.8 Å². The van der Waals surface area contributed by atoms with E-state index in [1.54, 1.807) is 18.2 Å². The van der Waals surface area contributed by atoms with Gasteiger partial charge in [0.1, 0.15) is 11.5 Å². The fourth-order valence-electron chi connectivity index (χ4n) is 4.58.